The summed E-state index contributed by atoms with van der Waals surface area (Å²) in [6.45, 7) is 0.932. The number of hydrogen-bond donors (Lipinski definition) is 1. The smallest absolute Gasteiger partial charge is 0.135 e. The van der Waals surface area contributed by atoms with Gasteiger partial charge in [-0.25, -0.2) is 0 Å². The number of anilines is 1. The Labute approximate surface area is 114 Å². The molecule has 0 unspecified atom stereocenters. The Kier molecular flexibility index (Phi) is 4.45. The molecular weight excluding hydrogens is 298 g/mol. The first kappa shape index (κ1) is 12.5. The van der Waals surface area contributed by atoms with Gasteiger partial charge in [0.2, 0.25) is 0 Å². The van der Waals surface area contributed by atoms with E-state index in [-0.39, 0.29) is 0 Å². The Morgan fingerprint density at radius 2 is 2.24 bits per heavy atom. The molecule has 1 aromatic heterocycles. The third-order valence-corrected chi connectivity index (χ3v) is 3.86. The number of rotatable bonds is 5. The average Bonchev–Trinajstić information content (AvgIpc) is 2.84. The molecular formula is C13H14BrNOS. The fourth-order valence-electron chi connectivity index (χ4n) is 1.56. The van der Waals surface area contributed by atoms with Crippen molar-refractivity contribution in [1.29, 1.82) is 0 Å². The monoisotopic (exact) mass is 311 g/mol. The number of halogens is 1. The van der Waals surface area contributed by atoms with Gasteiger partial charge in [-0.05, 0) is 56.9 Å². The van der Waals surface area contributed by atoms with Gasteiger partial charge in [0.15, 0.2) is 0 Å². The minimum absolute atomic E-state index is 0.852. The van der Waals surface area contributed by atoms with Crippen LogP contribution in [0.4, 0.5) is 5.69 Å². The molecule has 0 aliphatic rings. The number of hydrogen-bond acceptors (Lipinski definition) is 3. The van der Waals surface area contributed by atoms with Crippen LogP contribution in [0.15, 0.2) is 39.5 Å². The molecule has 0 radical (unpaired) electrons. The molecule has 0 amide bonds. The zero-order valence-electron chi connectivity index (χ0n) is 9.57. The van der Waals surface area contributed by atoms with Crippen molar-refractivity contribution in [2.24, 2.45) is 0 Å². The van der Waals surface area contributed by atoms with Gasteiger partial charge in [0.25, 0.3) is 0 Å². The van der Waals surface area contributed by atoms with Crippen LogP contribution in [0, 0.1) is 0 Å². The van der Waals surface area contributed by atoms with Crippen LogP contribution in [0.1, 0.15) is 5.56 Å². The molecule has 1 N–H and O–H groups in total. The summed E-state index contributed by atoms with van der Waals surface area (Å²) in [6, 6.07) is 8.19. The Morgan fingerprint density at radius 3 is 2.94 bits per heavy atom. The van der Waals surface area contributed by atoms with Crippen molar-refractivity contribution in [2.45, 2.75) is 6.42 Å². The van der Waals surface area contributed by atoms with E-state index < -0.39 is 0 Å². The second-order valence-electron chi connectivity index (χ2n) is 3.66. The predicted octanol–water partition coefficient (Wildman–Crippen LogP) is 4.17. The lowest BCUT2D eigenvalue weighted by molar-refractivity contribution is 0.412. The van der Waals surface area contributed by atoms with Crippen LogP contribution >= 0.6 is 27.3 Å². The normalized spacial score (nSPS) is 10.2. The van der Waals surface area contributed by atoms with Crippen molar-refractivity contribution in [3.05, 3.63) is 45.1 Å². The van der Waals surface area contributed by atoms with E-state index in [9.17, 15) is 0 Å². The molecule has 2 rings (SSSR count). The van der Waals surface area contributed by atoms with Crippen LogP contribution in [0.2, 0.25) is 0 Å². The molecule has 90 valence electrons. The summed E-state index contributed by atoms with van der Waals surface area (Å²) in [6.07, 6.45) is 1.04. The zero-order chi connectivity index (χ0) is 12.1. The van der Waals surface area contributed by atoms with E-state index in [1.807, 2.05) is 18.2 Å². The van der Waals surface area contributed by atoms with Crippen molar-refractivity contribution >= 4 is 33.0 Å². The van der Waals surface area contributed by atoms with Gasteiger partial charge in [-0.2, -0.15) is 11.3 Å². The quantitative estimate of drug-likeness (QED) is 0.894. The molecule has 17 heavy (non-hydrogen) atoms. The molecule has 4 heteroatoms. The van der Waals surface area contributed by atoms with Crippen LogP contribution in [-0.4, -0.2) is 13.7 Å². The lowest BCUT2D eigenvalue weighted by Gasteiger charge is -2.09. The third kappa shape index (κ3) is 3.48. The second-order valence-corrected chi connectivity index (χ2v) is 5.29. The molecule has 0 fully saturated rings. The Balaban J connectivity index is 1.90. The van der Waals surface area contributed by atoms with Gasteiger partial charge in [-0.1, -0.05) is 0 Å². The van der Waals surface area contributed by atoms with Crippen LogP contribution < -0.4 is 10.1 Å². The number of methoxy groups -OCH3 is 1. The van der Waals surface area contributed by atoms with E-state index >= 15 is 0 Å². The van der Waals surface area contributed by atoms with E-state index in [0.29, 0.717) is 0 Å². The summed E-state index contributed by atoms with van der Waals surface area (Å²) in [5.41, 5.74) is 2.46. The standard InChI is InChI=1S/C13H14BrNOS/c1-16-13-8-11(2-3-12(13)14)15-6-4-10-5-7-17-9-10/h2-3,5,7-9,15H,4,6H2,1H3. The second kappa shape index (κ2) is 6.07. The summed E-state index contributed by atoms with van der Waals surface area (Å²) in [5, 5.41) is 7.68. The Morgan fingerprint density at radius 1 is 1.35 bits per heavy atom. The number of benzene rings is 1. The highest BCUT2D eigenvalue weighted by atomic mass is 79.9. The molecule has 0 saturated carbocycles. The van der Waals surface area contributed by atoms with Crippen LogP contribution in [0.5, 0.6) is 5.75 Å². The lowest BCUT2D eigenvalue weighted by Crippen LogP contribution is -2.04. The maximum absolute atomic E-state index is 5.25. The average molecular weight is 312 g/mol. The number of nitrogens with one attached hydrogen (secondary N) is 1. The summed E-state index contributed by atoms with van der Waals surface area (Å²) in [4.78, 5) is 0. The van der Waals surface area contributed by atoms with Gasteiger partial charge in [-0.3, -0.25) is 0 Å². The Hall–Kier alpha value is -1.00. The summed E-state index contributed by atoms with van der Waals surface area (Å²) in [7, 11) is 1.68. The fourth-order valence-corrected chi connectivity index (χ4v) is 2.67. The van der Waals surface area contributed by atoms with Gasteiger partial charge >= 0.3 is 0 Å². The van der Waals surface area contributed by atoms with Gasteiger partial charge < -0.3 is 10.1 Å². The van der Waals surface area contributed by atoms with E-state index in [0.717, 1.165) is 28.9 Å². The third-order valence-electron chi connectivity index (χ3n) is 2.47. The largest absolute Gasteiger partial charge is 0.495 e. The first-order valence-electron chi connectivity index (χ1n) is 5.38. The highest BCUT2D eigenvalue weighted by molar-refractivity contribution is 9.10. The predicted molar refractivity (Wildman–Crippen MR) is 77.2 cm³/mol. The molecule has 1 heterocycles. The molecule has 0 aliphatic heterocycles. The molecule has 0 bridgehead atoms. The van der Waals surface area contributed by atoms with Crippen LogP contribution in [-0.2, 0) is 6.42 Å². The van der Waals surface area contributed by atoms with E-state index in [2.05, 4.69) is 38.1 Å². The van der Waals surface area contributed by atoms with E-state index in [4.69, 9.17) is 4.74 Å². The van der Waals surface area contributed by atoms with Crippen molar-refractivity contribution in [3.8, 4) is 5.75 Å². The molecule has 2 nitrogen and oxygen atoms in total. The maximum Gasteiger partial charge on any atom is 0.135 e. The number of ether oxygens (including phenoxy) is 1. The van der Waals surface area contributed by atoms with Crippen LogP contribution in [0.25, 0.3) is 0 Å². The molecule has 2 aromatic rings. The van der Waals surface area contributed by atoms with E-state index in [1.165, 1.54) is 5.56 Å². The zero-order valence-corrected chi connectivity index (χ0v) is 12.0. The SMILES string of the molecule is COc1cc(NCCc2ccsc2)ccc1Br. The maximum atomic E-state index is 5.25. The van der Waals surface area contributed by atoms with Gasteiger partial charge in [0.1, 0.15) is 5.75 Å². The highest BCUT2D eigenvalue weighted by Gasteiger charge is 2.01. The van der Waals surface area contributed by atoms with Crippen LogP contribution in [0.3, 0.4) is 0 Å². The van der Waals surface area contributed by atoms with Crippen molar-refractivity contribution < 1.29 is 4.74 Å². The first-order chi connectivity index (χ1) is 8.29. The molecule has 1 aromatic carbocycles. The fraction of sp³-hybridized carbons (Fsp3) is 0.231. The van der Waals surface area contributed by atoms with Gasteiger partial charge in [0, 0.05) is 18.3 Å². The minimum atomic E-state index is 0.852. The first-order valence-corrected chi connectivity index (χ1v) is 7.11. The summed E-state index contributed by atoms with van der Waals surface area (Å²) >= 11 is 5.18. The Bertz CT molecular complexity index is 470. The van der Waals surface area contributed by atoms with Crippen molar-refractivity contribution in [1.82, 2.24) is 0 Å². The van der Waals surface area contributed by atoms with Crippen molar-refractivity contribution in [3.63, 3.8) is 0 Å². The molecule has 0 saturated heterocycles. The van der Waals surface area contributed by atoms with Crippen molar-refractivity contribution in [2.75, 3.05) is 19.0 Å². The van der Waals surface area contributed by atoms with Gasteiger partial charge in [-0.15, -0.1) is 0 Å². The summed E-state index contributed by atoms with van der Waals surface area (Å²) in [5.74, 6) is 0.852. The minimum Gasteiger partial charge on any atom is -0.495 e. The lowest BCUT2D eigenvalue weighted by atomic mass is 10.2. The highest BCUT2D eigenvalue weighted by Crippen LogP contribution is 2.27. The van der Waals surface area contributed by atoms with Gasteiger partial charge in [0.05, 0.1) is 11.6 Å². The number of thiophene rings is 1. The summed E-state index contributed by atoms with van der Waals surface area (Å²) < 4.78 is 6.23. The topological polar surface area (TPSA) is 21.3 Å². The molecule has 0 spiro atoms. The molecule has 0 atom stereocenters. The van der Waals surface area contributed by atoms with E-state index in [1.54, 1.807) is 18.4 Å². The molecule has 0 aliphatic carbocycles.